The van der Waals surface area contributed by atoms with Crippen LogP contribution in [0.2, 0.25) is 0 Å². The number of aryl methyl sites for hydroxylation is 1. The molecular formula is C14H19N3O2. The molecule has 0 heterocycles. The smallest absolute Gasteiger partial charge is 0.251 e. The molecule has 1 saturated carbocycles. The van der Waals surface area contributed by atoms with Crippen LogP contribution in [-0.2, 0) is 0 Å². The van der Waals surface area contributed by atoms with Crippen LogP contribution in [0.5, 0.6) is 0 Å². The third-order valence-corrected chi connectivity index (χ3v) is 3.64. The van der Waals surface area contributed by atoms with Crippen LogP contribution in [0.1, 0.15) is 35.2 Å². The van der Waals surface area contributed by atoms with Crippen molar-refractivity contribution in [3.05, 3.63) is 35.4 Å². The molecule has 5 heteroatoms. The quantitative estimate of drug-likeness (QED) is 0.334. The van der Waals surface area contributed by atoms with Crippen molar-refractivity contribution in [2.75, 3.05) is 0 Å². The Kier molecular flexibility index (Phi) is 4.04. The first-order chi connectivity index (χ1) is 9.11. The van der Waals surface area contributed by atoms with Crippen molar-refractivity contribution >= 4 is 11.7 Å². The van der Waals surface area contributed by atoms with E-state index in [9.17, 15) is 4.79 Å². The number of hydrogen-bond donors (Lipinski definition) is 3. The summed E-state index contributed by atoms with van der Waals surface area (Å²) in [5.74, 6) is 0.0220. The van der Waals surface area contributed by atoms with Crippen LogP contribution in [0.3, 0.4) is 0 Å². The van der Waals surface area contributed by atoms with Gasteiger partial charge in [0.2, 0.25) is 0 Å². The van der Waals surface area contributed by atoms with Gasteiger partial charge in [0.25, 0.3) is 5.91 Å². The second kappa shape index (κ2) is 5.73. The fourth-order valence-electron chi connectivity index (χ4n) is 2.52. The molecule has 1 aromatic rings. The molecule has 1 aliphatic carbocycles. The van der Waals surface area contributed by atoms with Gasteiger partial charge in [-0.05, 0) is 31.9 Å². The van der Waals surface area contributed by atoms with E-state index >= 15 is 0 Å². The first kappa shape index (κ1) is 13.4. The SMILES string of the molecule is Cc1ccc(C(=O)NC2CCCC2C(N)=NO)cc1. The number of nitrogens with two attached hydrogens (primary N) is 1. The number of nitrogens with one attached hydrogen (secondary N) is 1. The third kappa shape index (κ3) is 3.05. The number of oxime groups is 1. The summed E-state index contributed by atoms with van der Waals surface area (Å²) in [6, 6.07) is 7.37. The van der Waals surface area contributed by atoms with E-state index in [2.05, 4.69) is 10.5 Å². The normalized spacial score (nSPS) is 23.3. The fourth-order valence-corrected chi connectivity index (χ4v) is 2.52. The van der Waals surface area contributed by atoms with Gasteiger partial charge in [0.1, 0.15) is 5.84 Å². The maximum Gasteiger partial charge on any atom is 0.251 e. The molecule has 2 atom stereocenters. The van der Waals surface area contributed by atoms with Gasteiger partial charge in [-0.2, -0.15) is 0 Å². The second-order valence-corrected chi connectivity index (χ2v) is 5.01. The maximum absolute atomic E-state index is 12.1. The van der Waals surface area contributed by atoms with E-state index in [1.807, 2.05) is 19.1 Å². The average Bonchev–Trinajstić information content (AvgIpc) is 2.86. The lowest BCUT2D eigenvalue weighted by molar-refractivity contribution is 0.0933. The zero-order valence-corrected chi connectivity index (χ0v) is 11.0. The summed E-state index contributed by atoms with van der Waals surface area (Å²) in [6.45, 7) is 1.98. The predicted molar refractivity (Wildman–Crippen MR) is 73.2 cm³/mol. The molecule has 2 unspecified atom stereocenters. The molecule has 0 bridgehead atoms. The van der Waals surface area contributed by atoms with E-state index in [0.29, 0.717) is 5.56 Å². The lowest BCUT2D eigenvalue weighted by Gasteiger charge is -2.19. The van der Waals surface area contributed by atoms with Crippen molar-refractivity contribution in [3.8, 4) is 0 Å². The Hall–Kier alpha value is -2.04. The Balaban J connectivity index is 2.04. The Morgan fingerprint density at radius 3 is 2.68 bits per heavy atom. The predicted octanol–water partition coefficient (Wildman–Crippen LogP) is 1.64. The Labute approximate surface area is 112 Å². The van der Waals surface area contributed by atoms with Gasteiger partial charge in [0, 0.05) is 17.5 Å². The van der Waals surface area contributed by atoms with E-state index in [-0.39, 0.29) is 23.7 Å². The van der Waals surface area contributed by atoms with Crippen LogP contribution >= 0.6 is 0 Å². The van der Waals surface area contributed by atoms with Crippen molar-refractivity contribution in [1.29, 1.82) is 0 Å². The highest BCUT2D eigenvalue weighted by atomic mass is 16.4. The molecule has 0 aromatic heterocycles. The van der Waals surface area contributed by atoms with Crippen LogP contribution in [0, 0.1) is 12.8 Å². The summed E-state index contributed by atoms with van der Waals surface area (Å²) in [7, 11) is 0. The minimum Gasteiger partial charge on any atom is -0.409 e. The largest absolute Gasteiger partial charge is 0.409 e. The Morgan fingerprint density at radius 1 is 1.37 bits per heavy atom. The van der Waals surface area contributed by atoms with Gasteiger partial charge in [-0.1, -0.05) is 29.3 Å². The molecule has 4 N–H and O–H groups in total. The summed E-state index contributed by atoms with van der Waals surface area (Å²) in [5, 5.41) is 14.8. The summed E-state index contributed by atoms with van der Waals surface area (Å²) < 4.78 is 0. The van der Waals surface area contributed by atoms with Crippen molar-refractivity contribution in [1.82, 2.24) is 5.32 Å². The van der Waals surface area contributed by atoms with E-state index in [1.54, 1.807) is 12.1 Å². The molecule has 2 rings (SSSR count). The number of amidine groups is 1. The lowest BCUT2D eigenvalue weighted by atomic mass is 10.0. The average molecular weight is 261 g/mol. The van der Waals surface area contributed by atoms with Crippen molar-refractivity contribution in [2.24, 2.45) is 16.8 Å². The van der Waals surface area contributed by atoms with Gasteiger partial charge in [0.15, 0.2) is 0 Å². The number of carbonyl (C=O) groups is 1. The summed E-state index contributed by atoms with van der Waals surface area (Å²) >= 11 is 0. The molecule has 1 amide bonds. The number of rotatable bonds is 3. The van der Waals surface area contributed by atoms with Gasteiger partial charge in [0.05, 0.1) is 0 Å². The van der Waals surface area contributed by atoms with Crippen LogP contribution in [-0.4, -0.2) is 23.0 Å². The summed E-state index contributed by atoms with van der Waals surface area (Å²) in [5.41, 5.74) is 7.40. The van der Waals surface area contributed by atoms with E-state index in [0.717, 1.165) is 24.8 Å². The van der Waals surface area contributed by atoms with Crippen molar-refractivity contribution in [2.45, 2.75) is 32.2 Å². The zero-order chi connectivity index (χ0) is 13.8. The van der Waals surface area contributed by atoms with Gasteiger partial charge in [-0.15, -0.1) is 0 Å². The van der Waals surface area contributed by atoms with Gasteiger partial charge in [-0.3, -0.25) is 4.79 Å². The molecule has 19 heavy (non-hydrogen) atoms. The third-order valence-electron chi connectivity index (χ3n) is 3.64. The first-order valence-electron chi connectivity index (χ1n) is 6.46. The van der Waals surface area contributed by atoms with Crippen LogP contribution in [0.25, 0.3) is 0 Å². The molecule has 1 aliphatic rings. The maximum atomic E-state index is 12.1. The topological polar surface area (TPSA) is 87.7 Å². The highest BCUT2D eigenvalue weighted by Gasteiger charge is 2.31. The summed E-state index contributed by atoms with van der Waals surface area (Å²) in [4.78, 5) is 12.1. The van der Waals surface area contributed by atoms with Crippen LogP contribution in [0.15, 0.2) is 29.4 Å². The van der Waals surface area contributed by atoms with Gasteiger partial charge < -0.3 is 16.3 Å². The van der Waals surface area contributed by atoms with E-state index in [1.165, 1.54) is 0 Å². The van der Waals surface area contributed by atoms with Crippen LogP contribution < -0.4 is 11.1 Å². The monoisotopic (exact) mass is 261 g/mol. The van der Waals surface area contributed by atoms with E-state index < -0.39 is 0 Å². The first-order valence-corrected chi connectivity index (χ1v) is 6.46. The Bertz CT molecular complexity index is 482. The number of hydrogen-bond acceptors (Lipinski definition) is 3. The van der Waals surface area contributed by atoms with Crippen LogP contribution in [0.4, 0.5) is 0 Å². The molecule has 102 valence electrons. The number of nitrogens with zero attached hydrogens (tertiary/aromatic N) is 1. The summed E-state index contributed by atoms with van der Waals surface area (Å²) in [6.07, 6.45) is 2.67. The molecule has 1 fully saturated rings. The van der Waals surface area contributed by atoms with E-state index in [4.69, 9.17) is 10.9 Å². The Morgan fingerprint density at radius 2 is 2.05 bits per heavy atom. The number of benzene rings is 1. The molecule has 5 nitrogen and oxygen atoms in total. The zero-order valence-electron chi connectivity index (χ0n) is 11.0. The fraction of sp³-hybridized carbons (Fsp3) is 0.429. The van der Waals surface area contributed by atoms with Gasteiger partial charge >= 0.3 is 0 Å². The molecule has 0 aliphatic heterocycles. The highest BCUT2D eigenvalue weighted by Crippen LogP contribution is 2.26. The molecule has 0 radical (unpaired) electrons. The number of amides is 1. The van der Waals surface area contributed by atoms with Crippen molar-refractivity contribution in [3.63, 3.8) is 0 Å². The molecule has 0 spiro atoms. The minimum absolute atomic E-state index is 0.0512. The van der Waals surface area contributed by atoms with Crippen molar-refractivity contribution < 1.29 is 10.0 Å². The second-order valence-electron chi connectivity index (χ2n) is 5.01. The molecule has 1 aromatic carbocycles. The standard InChI is InChI=1S/C14H19N3O2/c1-9-5-7-10(8-6-9)14(18)16-12-4-2-3-11(12)13(15)17-19/h5-8,11-12,19H,2-4H2,1H3,(H2,15,17)(H,16,18). The highest BCUT2D eigenvalue weighted by molar-refractivity contribution is 5.95. The molecule has 0 saturated heterocycles. The minimum atomic E-state index is -0.109. The molecular weight excluding hydrogens is 242 g/mol. The lowest BCUT2D eigenvalue weighted by Crippen LogP contribution is -2.42. The number of carbonyl (C=O) groups excluding carboxylic acids is 1. The van der Waals surface area contributed by atoms with Gasteiger partial charge in [-0.25, -0.2) is 0 Å².